The summed E-state index contributed by atoms with van der Waals surface area (Å²) in [5.74, 6) is 2.28. The van der Waals surface area contributed by atoms with Gasteiger partial charge in [0.05, 0.1) is 6.61 Å². The molecule has 86 valence electrons. The molecule has 0 radical (unpaired) electrons. The van der Waals surface area contributed by atoms with E-state index in [1.807, 2.05) is 11.8 Å². The van der Waals surface area contributed by atoms with Crippen molar-refractivity contribution in [1.82, 2.24) is 0 Å². The van der Waals surface area contributed by atoms with E-state index >= 15 is 0 Å². The van der Waals surface area contributed by atoms with E-state index in [0.717, 1.165) is 11.7 Å². The fourth-order valence-electron chi connectivity index (χ4n) is 1.17. The molecule has 0 saturated carbocycles. The van der Waals surface area contributed by atoms with Crippen molar-refractivity contribution in [2.45, 2.75) is 45.4 Å². The third-order valence-corrected chi connectivity index (χ3v) is 3.77. The first-order valence-corrected chi connectivity index (χ1v) is 6.52. The fraction of sp³-hybridized carbons (Fsp3) is 1.00. The predicted octanol–water partition coefficient (Wildman–Crippen LogP) is 2.11. The van der Waals surface area contributed by atoms with Gasteiger partial charge in [-0.1, -0.05) is 27.7 Å². The van der Waals surface area contributed by atoms with Crippen molar-refractivity contribution >= 4 is 11.8 Å². The maximum absolute atomic E-state index is 9.21. The van der Waals surface area contributed by atoms with Crippen molar-refractivity contribution in [3.8, 4) is 0 Å². The molecule has 0 aliphatic rings. The van der Waals surface area contributed by atoms with Crippen LogP contribution in [-0.4, -0.2) is 28.8 Å². The highest BCUT2D eigenvalue weighted by molar-refractivity contribution is 7.99. The van der Waals surface area contributed by atoms with E-state index in [0.29, 0.717) is 5.92 Å². The van der Waals surface area contributed by atoms with Gasteiger partial charge >= 0.3 is 0 Å². The highest BCUT2D eigenvalue weighted by Gasteiger charge is 2.20. The van der Waals surface area contributed by atoms with Crippen LogP contribution in [0.15, 0.2) is 0 Å². The van der Waals surface area contributed by atoms with Crippen molar-refractivity contribution in [1.29, 1.82) is 0 Å². The van der Waals surface area contributed by atoms with Crippen LogP contribution in [0.25, 0.3) is 0 Å². The van der Waals surface area contributed by atoms with Crippen molar-refractivity contribution in [2.24, 2.45) is 17.6 Å². The number of aliphatic hydroxyl groups is 1. The zero-order chi connectivity index (χ0) is 11.1. The second-order valence-corrected chi connectivity index (χ2v) is 5.94. The summed E-state index contributed by atoms with van der Waals surface area (Å²) in [6, 6.07) is 0.108. The van der Waals surface area contributed by atoms with Crippen molar-refractivity contribution < 1.29 is 5.11 Å². The van der Waals surface area contributed by atoms with Crippen LogP contribution in [0, 0.1) is 11.8 Å². The van der Waals surface area contributed by atoms with Gasteiger partial charge in [0.25, 0.3) is 0 Å². The summed E-state index contributed by atoms with van der Waals surface area (Å²) in [7, 11) is 0. The van der Waals surface area contributed by atoms with Crippen LogP contribution in [-0.2, 0) is 0 Å². The maximum Gasteiger partial charge on any atom is 0.0565 e. The first kappa shape index (κ1) is 14.3. The third kappa shape index (κ3) is 5.89. The van der Waals surface area contributed by atoms with E-state index in [2.05, 4.69) is 27.7 Å². The number of hydrogen-bond acceptors (Lipinski definition) is 3. The summed E-state index contributed by atoms with van der Waals surface area (Å²) in [6.45, 7) is 8.85. The molecule has 2 unspecified atom stereocenters. The molecule has 3 N–H and O–H groups in total. The Kier molecular flexibility index (Phi) is 7.69. The Morgan fingerprint density at radius 3 is 2.14 bits per heavy atom. The topological polar surface area (TPSA) is 46.2 Å². The van der Waals surface area contributed by atoms with Crippen molar-refractivity contribution in [2.75, 3.05) is 12.4 Å². The minimum absolute atomic E-state index is 0.108. The van der Waals surface area contributed by atoms with Crippen molar-refractivity contribution in [3.05, 3.63) is 0 Å². The number of hydrogen-bond donors (Lipinski definition) is 2. The monoisotopic (exact) mass is 219 g/mol. The number of thioether (sulfide) groups is 1. The van der Waals surface area contributed by atoms with E-state index in [1.165, 1.54) is 6.42 Å². The minimum atomic E-state index is 0.108. The van der Waals surface area contributed by atoms with Gasteiger partial charge in [-0.2, -0.15) is 11.8 Å². The Balaban J connectivity index is 3.79. The van der Waals surface area contributed by atoms with Gasteiger partial charge in [0.2, 0.25) is 0 Å². The summed E-state index contributed by atoms with van der Waals surface area (Å²) in [5, 5.41) is 9.41. The second kappa shape index (κ2) is 7.55. The van der Waals surface area contributed by atoms with Crippen LogP contribution in [0.2, 0.25) is 0 Å². The van der Waals surface area contributed by atoms with Gasteiger partial charge in [0.1, 0.15) is 0 Å². The predicted molar refractivity (Wildman–Crippen MR) is 65.6 cm³/mol. The van der Waals surface area contributed by atoms with Crippen molar-refractivity contribution in [3.63, 3.8) is 0 Å². The Hall–Kier alpha value is 0.270. The van der Waals surface area contributed by atoms with Gasteiger partial charge in [-0.25, -0.2) is 0 Å². The largest absolute Gasteiger partial charge is 0.395 e. The third-order valence-electron chi connectivity index (χ3n) is 2.41. The Morgan fingerprint density at radius 2 is 1.79 bits per heavy atom. The smallest absolute Gasteiger partial charge is 0.0565 e. The highest BCUT2D eigenvalue weighted by Crippen LogP contribution is 2.20. The molecule has 14 heavy (non-hydrogen) atoms. The number of nitrogens with two attached hydrogens (primary N) is 1. The van der Waals surface area contributed by atoms with Gasteiger partial charge in [-0.05, 0) is 24.0 Å². The average Bonchev–Trinajstić information content (AvgIpc) is 2.10. The lowest BCUT2D eigenvalue weighted by Crippen LogP contribution is -2.39. The zero-order valence-electron chi connectivity index (χ0n) is 9.86. The van der Waals surface area contributed by atoms with E-state index in [9.17, 15) is 5.11 Å². The fourth-order valence-corrected chi connectivity index (χ4v) is 2.72. The summed E-state index contributed by atoms with van der Waals surface area (Å²) < 4.78 is 0. The minimum Gasteiger partial charge on any atom is -0.395 e. The SMILES string of the molecule is CC(C)CCSC(CO)C(N)C(C)C. The number of rotatable bonds is 7. The Bertz CT molecular complexity index is 139. The van der Waals surface area contributed by atoms with E-state index in [-0.39, 0.29) is 17.9 Å². The molecule has 3 heteroatoms. The molecule has 2 atom stereocenters. The van der Waals surface area contributed by atoms with E-state index in [1.54, 1.807) is 0 Å². The van der Waals surface area contributed by atoms with Gasteiger partial charge in [0.15, 0.2) is 0 Å². The second-order valence-electron chi connectivity index (χ2n) is 4.60. The zero-order valence-corrected chi connectivity index (χ0v) is 10.7. The molecule has 0 aromatic rings. The van der Waals surface area contributed by atoms with Crippen LogP contribution in [0.5, 0.6) is 0 Å². The van der Waals surface area contributed by atoms with Gasteiger partial charge in [-0.15, -0.1) is 0 Å². The molecule has 0 aromatic heterocycles. The first-order valence-electron chi connectivity index (χ1n) is 5.47. The quantitative estimate of drug-likeness (QED) is 0.689. The molecule has 0 aromatic carbocycles. The molecule has 0 aliphatic carbocycles. The molecule has 0 aliphatic heterocycles. The lowest BCUT2D eigenvalue weighted by atomic mass is 10.0. The maximum atomic E-state index is 9.21. The van der Waals surface area contributed by atoms with Crippen LogP contribution < -0.4 is 5.73 Å². The number of aliphatic hydroxyl groups excluding tert-OH is 1. The summed E-state index contributed by atoms with van der Waals surface area (Å²) >= 11 is 1.81. The molecule has 0 bridgehead atoms. The molecule has 0 rings (SSSR count). The van der Waals surface area contributed by atoms with Crippen LogP contribution in [0.4, 0.5) is 0 Å². The molecule has 0 spiro atoms. The highest BCUT2D eigenvalue weighted by atomic mass is 32.2. The summed E-state index contributed by atoms with van der Waals surface area (Å²) in [4.78, 5) is 0. The molecule has 0 heterocycles. The van der Waals surface area contributed by atoms with Gasteiger partial charge < -0.3 is 10.8 Å². The first-order chi connectivity index (χ1) is 6.49. The molecule has 0 amide bonds. The summed E-state index contributed by atoms with van der Waals surface area (Å²) in [6.07, 6.45) is 1.20. The van der Waals surface area contributed by atoms with E-state index in [4.69, 9.17) is 5.73 Å². The standard InChI is InChI=1S/C11H25NOS/c1-8(2)5-6-14-10(7-13)11(12)9(3)4/h8-11,13H,5-7,12H2,1-4H3. The molecule has 0 fully saturated rings. The molecule has 2 nitrogen and oxygen atoms in total. The molecular formula is C11H25NOS. The lowest BCUT2D eigenvalue weighted by Gasteiger charge is -2.24. The van der Waals surface area contributed by atoms with Gasteiger partial charge in [-0.3, -0.25) is 0 Å². The van der Waals surface area contributed by atoms with Gasteiger partial charge in [0, 0.05) is 11.3 Å². The van der Waals surface area contributed by atoms with Crippen LogP contribution >= 0.6 is 11.8 Å². The Labute approximate surface area is 92.6 Å². The molecular weight excluding hydrogens is 194 g/mol. The Morgan fingerprint density at radius 1 is 1.21 bits per heavy atom. The van der Waals surface area contributed by atoms with Crippen LogP contribution in [0.1, 0.15) is 34.1 Å². The normalized spacial score (nSPS) is 16.3. The molecule has 0 saturated heterocycles. The summed E-state index contributed by atoms with van der Waals surface area (Å²) in [5.41, 5.74) is 6.01. The van der Waals surface area contributed by atoms with E-state index < -0.39 is 0 Å². The lowest BCUT2D eigenvalue weighted by molar-refractivity contribution is 0.269. The van der Waals surface area contributed by atoms with Crippen LogP contribution in [0.3, 0.4) is 0 Å². The average molecular weight is 219 g/mol.